The van der Waals surface area contributed by atoms with Crippen molar-refractivity contribution < 1.29 is 9.59 Å². The van der Waals surface area contributed by atoms with Crippen molar-refractivity contribution in [3.05, 3.63) is 22.4 Å². The van der Waals surface area contributed by atoms with Gasteiger partial charge in [-0.25, -0.2) is 0 Å². The zero-order chi connectivity index (χ0) is 13.7. The van der Waals surface area contributed by atoms with Crippen LogP contribution in [0.15, 0.2) is 17.5 Å². The van der Waals surface area contributed by atoms with Gasteiger partial charge in [-0.3, -0.25) is 9.59 Å². The lowest BCUT2D eigenvalue weighted by atomic mass is 10.2. The average molecular weight is 318 g/mol. The van der Waals surface area contributed by atoms with Gasteiger partial charge < -0.3 is 16.4 Å². The van der Waals surface area contributed by atoms with Crippen LogP contribution in [0.4, 0.5) is 0 Å². The van der Waals surface area contributed by atoms with E-state index in [0.717, 1.165) is 0 Å². The molecule has 2 rings (SSSR count). The Hall–Kier alpha value is -1.11. The molecule has 2 amide bonds. The molecule has 1 aliphatic rings. The van der Waals surface area contributed by atoms with Crippen molar-refractivity contribution in [1.29, 1.82) is 0 Å². The second-order valence-electron chi connectivity index (χ2n) is 4.79. The van der Waals surface area contributed by atoms with Crippen LogP contribution in [0.5, 0.6) is 0 Å². The van der Waals surface area contributed by atoms with Gasteiger partial charge in [-0.1, -0.05) is 6.07 Å². The first kappa shape index (κ1) is 16.9. The van der Waals surface area contributed by atoms with Crippen LogP contribution < -0.4 is 16.4 Å². The maximum absolute atomic E-state index is 11.6. The summed E-state index contributed by atoms with van der Waals surface area (Å²) < 4.78 is 0. The number of rotatable bonds is 7. The highest BCUT2D eigenvalue weighted by Gasteiger charge is 2.28. The van der Waals surface area contributed by atoms with Gasteiger partial charge in [-0.15, -0.1) is 23.7 Å². The summed E-state index contributed by atoms with van der Waals surface area (Å²) in [6.45, 7) is 0.879. The topological polar surface area (TPSA) is 84.2 Å². The summed E-state index contributed by atoms with van der Waals surface area (Å²) in [6.07, 6.45) is 2.64. The third kappa shape index (κ3) is 5.48. The van der Waals surface area contributed by atoms with Crippen molar-refractivity contribution in [2.75, 3.05) is 13.1 Å². The van der Waals surface area contributed by atoms with Gasteiger partial charge in [0, 0.05) is 25.6 Å². The molecule has 0 aliphatic heterocycles. The van der Waals surface area contributed by atoms with Gasteiger partial charge >= 0.3 is 0 Å². The Morgan fingerprint density at radius 2 is 2.15 bits per heavy atom. The molecule has 112 valence electrons. The first-order valence-corrected chi connectivity index (χ1v) is 7.39. The van der Waals surface area contributed by atoms with E-state index in [9.17, 15) is 9.59 Å². The number of nitrogens with one attached hydrogen (secondary N) is 2. The van der Waals surface area contributed by atoms with Gasteiger partial charge in [0.2, 0.25) is 5.91 Å². The molecule has 0 radical (unpaired) electrons. The van der Waals surface area contributed by atoms with Gasteiger partial charge in [0.15, 0.2) is 0 Å². The quantitative estimate of drug-likeness (QED) is 0.705. The van der Waals surface area contributed by atoms with Gasteiger partial charge in [0.05, 0.1) is 4.88 Å². The number of halogens is 1. The largest absolute Gasteiger partial charge is 0.354 e. The Morgan fingerprint density at radius 3 is 2.75 bits per heavy atom. The third-order valence-electron chi connectivity index (χ3n) is 3.15. The fraction of sp³-hybridized carbons (Fsp3) is 0.538. The molecule has 7 heteroatoms. The summed E-state index contributed by atoms with van der Waals surface area (Å²) in [5, 5.41) is 7.37. The van der Waals surface area contributed by atoms with E-state index in [2.05, 4.69) is 10.6 Å². The molecule has 0 aromatic carbocycles. The monoisotopic (exact) mass is 317 g/mol. The van der Waals surface area contributed by atoms with Crippen LogP contribution in [0.3, 0.4) is 0 Å². The second kappa shape index (κ2) is 8.24. The second-order valence-corrected chi connectivity index (χ2v) is 5.74. The summed E-state index contributed by atoms with van der Waals surface area (Å²) in [6, 6.07) is 3.66. The molecule has 1 unspecified atom stereocenters. The van der Waals surface area contributed by atoms with E-state index in [4.69, 9.17) is 5.73 Å². The Morgan fingerprint density at radius 1 is 1.40 bits per heavy atom. The Labute approximate surface area is 128 Å². The first-order chi connectivity index (χ1) is 9.16. The molecule has 0 saturated heterocycles. The Balaban J connectivity index is 0.00000200. The van der Waals surface area contributed by atoms with Gasteiger partial charge in [-0.05, 0) is 30.2 Å². The summed E-state index contributed by atoms with van der Waals surface area (Å²) in [4.78, 5) is 23.8. The first-order valence-electron chi connectivity index (χ1n) is 6.51. The van der Waals surface area contributed by atoms with E-state index in [0.29, 0.717) is 23.9 Å². The van der Waals surface area contributed by atoms with Crippen molar-refractivity contribution in [3.8, 4) is 0 Å². The van der Waals surface area contributed by atoms with Crippen LogP contribution in [0.25, 0.3) is 0 Å². The molecule has 1 fully saturated rings. The van der Waals surface area contributed by atoms with Crippen LogP contribution in [0.2, 0.25) is 0 Å². The molecule has 1 saturated carbocycles. The molecule has 1 aliphatic carbocycles. The minimum Gasteiger partial charge on any atom is -0.354 e. The Bertz CT molecular complexity index is 435. The molecular formula is C13H20ClN3O2S. The maximum Gasteiger partial charge on any atom is 0.261 e. The van der Waals surface area contributed by atoms with E-state index in [1.807, 2.05) is 11.4 Å². The van der Waals surface area contributed by atoms with E-state index >= 15 is 0 Å². The lowest BCUT2D eigenvalue weighted by Crippen LogP contribution is -2.39. The van der Waals surface area contributed by atoms with Crippen molar-refractivity contribution in [3.63, 3.8) is 0 Å². The van der Waals surface area contributed by atoms with Crippen LogP contribution in [0.1, 0.15) is 28.9 Å². The summed E-state index contributed by atoms with van der Waals surface area (Å²) in [5.74, 6) is 0.388. The number of carbonyl (C=O) groups excluding carboxylic acids is 2. The van der Waals surface area contributed by atoms with Crippen molar-refractivity contribution in [2.24, 2.45) is 11.7 Å². The highest BCUT2D eigenvalue weighted by Crippen LogP contribution is 2.31. The highest BCUT2D eigenvalue weighted by molar-refractivity contribution is 7.12. The number of nitrogens with two attached hydrogens (primary N) is 1. The lowest BCUT2D eigenvalue weighted by molar-refractivity contribution is -0.121. The smallest absolute Gasteiger partial charge is 0.261 e. The SMILES string of the molecule is Cl.NC(CNC(=O)CCNC(=O)c1cccs1)C1CC1. The van der Waals surface area contributed by atoms with Gasteiger partial charge in [-0.2, -0.15) is 0 Å². The van der Waals surface area contributed by atoms with E-state index in [1.54, 1.807) is 6.07 Å². The predicted molar refractivity (Wildman–Crippen MR) is 82.2 cm³/mol. The summed E-state index contributed by atoms with van der Waals surface area (Å²) in [7, 11) is 0. The van der Waals surface area contributed by atoms with Crippen molar-refractivity contribution >= 4 is 35.6 Å². The molecule has 5 nitrogen and oxygen atoms in total. The van der Waals surface area contributed by atoms with Gasteiger partial charge in [0.25, 0.3) is 5.91 Å². The van der Waals surface area contributed by atoms with E-state index in [-0.39, 0.29) is 36.7 Å². The maximum atomic E-state index is 11.6. The molecule has 1 aromatic rings. The van der Waals surface area contributed by atoms with E-state index in [1.165, 1.54) is 24.2 Å². The molecule has 1 heterocycles. The van der Waals surface area contributed by atoms with Crippen molar-refractivity contribution in [1.82, 2.24) is 10.6 Å². The van der Waals surface area contributed by atoms with Crippen molar-refractivity contribution in [2.45, 2.75) is 25.3 Å². The number of carbonyl (C=O) groups is 2. The number of hydrogen-bond acceptors (Lipinski definition) is 4. The van der Waals surface area contributed by atoms with Crippen LogP contribution in [-0.2, 0) is 4.79 Å². The van der Waals surface area contributed by atoms with Crippen LogP contribution in [-0.4, -0.2) is 30.9 Å². The summed E-state index contributed by atoms with van der Waals surface area (Å²) >= 11 is 1.39. The lowest BCUT2D eigenvalue weighted by Gasteiger charge is -2.11. The molecular weight excluding hydrogens is 298 g/mol. The highest BCUT2D eigenvalue weighted by atomic mass is 35.5. The minimum atomic E-state index is -0.127. The zero-order valence-electron chi connectivity index (χ0n) is 11.1. The fourth-order valence-corrected chi connectivity index (χ4v) is 2.44. The molecule has 1 atom stereocenters. The number of hydrogen-bond donors (Lipinski definition) is 3. The van der Waals surface area contributed by atoms with Crippen LogP contribution in [0, 0.1) is 5.92 Å². The minimum absolute atomic E-state index is 0. The number of thiophene rings is 1. The summed E-state index contributed by atoms with van der Waals surface area (Å²) in [5.41, 5.74) is 5.89. The normalized spacial score (nSPS) is 15.1. The van der Waals surface area contributed by atoms with Gasteiger partial charge in [0.1, 0.15) is 0 Å². The molecule has 20 heavy (non-hydrogen) atoms. The Kier molecular flexibility index (Phi) is 6.98. The molecule has 1 aromatic heterocycles. The zero-order valence-corrected chi connectivity index (χ0v) is 12.8. The molecule has 0 bridgehead atoms. The molecule has 0 spiro atoms. The number of amides is 2. The van der Waals surface area contributed by atoms with Crippen LogP contribution >= 0.6 is 23.7 Å². The predicted octanol–water partition coefficient (Wildman–Crippen LogP) is 1.14. The molecule has 4 N–H and O–H groups in total. The standard InChI is InChI=1S/C13H19N3O2S.ClH/c14-10(9-3-4-9)8-16-12(17)5-6-15-13(18)11-2-1-7-19-11;/h1-2,7,9-10H,3-6,8,14H2,(H,15,18)(H,16,17);1H. The van der Waals surface area contributed by atoms with E-state index < -0.39 is 0 Å². The average Bonchev–Trinajstić information content (AvgIpc) is 3.10. The fourth-order valence-electron chi connectivity index (χ4n) is 1.80. The third-order valence-corrected chi connectivity index (χ3v) is 4.01.